The molecule has 0 aromatic heterocycles. The minimum atomic E-state index is 0.552. The van der Waals surface area contributed by atoms with Crippen LogP contribution in [0.5, 0.6) is 0 Å². The Labute approximate surface area is 114 Å². The zero-order valence-corrected chi connectivity index (χ0v) is 11.9. The zero-order chi connectivity index (χ0) is 12.4. The summed E-state index contributed by atoms with van der Waals surface area (Å²) in [7, 11) is 0. The normalized spacial score (nSPS) is 29.1. The number of hydrogen-bond acceptors (Lipinski definition) is 1. The molecular formula is C14H19Cl2N. The van der Waals surface area contributed by atoms with Crippen LogP contribution < -0.4 is 5.32 Å². The summed E-state index contributed by atoms with van der Waals surface area (Å²) in [5, 5.41) is 4.82. The summed E-state index contributed by atoms with van der Waals surface area (Å²) >= 11 is 11.9. The molecule has 1 N–H and O–H groups in total. The van der Waals surface area contributed by atoms with Crippen LogP contribution in [0.15, 0.2) is 18.2 Å². The molecule has 94 valence electrons. The van der Waals surface area contributed by atoms with E-state index in [1.165, 1.54) is 19.3 Å². The smallest absolute Gasteiger partial charge is 0.0612 e. The van der Waals surface area contributed by atoms with Crippen molar-refractivity contribution in [3.63, 3.8) is 0 Å². The molecule has 1 fully saturated rings. The van der Waals surface area contributed by atoms with Crippen molar-refractivity contribution < 1.29 is 0 Å². The van der Waals surface area contributed by atoms with Gasteiger partial charge in [0.1, 0.15) is 0 Å². The van der Waals surface area contributed by atoms with E-state index in [9.17, 15) is 0 Å². The van der Waals surface area contributed by atoms with Gasteiger partial charge in [-0.1, -0.05) is 49.9 Å². The molecular weight excluding hydrogens is 253 g/mol. The molecule has 1 aromatic carbocycles. The highest BCUT2D eigenvalue weighted by Gasteiger charge is 2.26. The second-order valence-corrected chi connectivity index (χ2v) is 5.96. The highest BCUT2D eigenvalue weighted by molar-refractivity contribution is 6.42. The number of halogens is 2. The Hall–Kier alpha value is -0.400. The molecule has 3 heteroatoms. The summed E-state index contributed by atoms with van der Waals surface area (Å²) in [5.74, 6) is 1.50. The van der Waals surface area contributed by atoms with Crippen LogP contribution in [0.4, 0.5) is 5.69 Å². The number of benzene rings is 1. The third-order valence-electron chi connectivity index (χ3n) is 3.98. The lowest BCUT2D eigenvalue weighted by Gasteiger charge is -2.35. The van der Waals surface area contributed by atoms with Gasteiger partial charge in [0.25, 0.3) is 0 Å². The lowest BCUT2D eigenvalue weighted by Crippen LogP contribution is -2.34. The van der Waals surface area contributed by atoms with Crippen molar-refractivity contribution in [3.8, 4) is 0 Å². The van der Waals surface area contributed by atoms with E-state index in [1.54, 1.807) is 0 Å². The maximum Gasteiger partial charge on any atom is 0.0612 e. The fraction of sp³-hybridized carbons (Fsp3) is 0.571. The highest BCUT2D eigenvalue weighted by Crippen LogP contribution is 2.32. The third-order valence-corrected chi connectivity index (χ3v) is 4.72. The second kappa shape index (κ2) is 5.49. The van der Waals surface area contributed by atoms with Gasteiger partial charge in [-0.05, 0) is 36.5 Å². The van der Waals surface area contributed by atoms with E-state index < -0.39 is 0 Å². The first-order valence-electron chi connectivity index (χ1n) is 6.29. The average Bonchev–Trinajstić information content (AvgIpc) is 2.30. The number of anilines is 1. The van der Waals surface area contributed by atoms with Crippen LogP contribution in [-0.4, -0.2) is 6.04 Å². The Kier molecular flexibility index (Phi) is 4.22. The first-order valence-corrected chi connectivity index (χ1v) is 7.05. The van der Waals surface area contributed by atoms with Gasteiger partial charge in [-0.15, -0.1) is 0 Å². The van der Waals surface area contributed by atoms with Crippen molar-refractivity contribution in [3.05, 3.63) is 28.2 Å². The summed E-state index contributed by atoms with van der Waals surface area (Å²) in [6, 6.07) is 6.31. The fourth-order valence-corrected chi connectivity index (χ4v) is 2.88. The molecule has 17 heavy (non-hydrogen) atoms. The fourth-order valence-electron chi connectivity index (χ4n) is 2.59. The van der Waals surface area contributed by atoms with Gasteiger partial charge in [0.2, 0.25) is 0 Å². The SMILES string of the molecule is CC1CCCC(Nc2ccc(Cl)c(Cl)c2)C1C. The molecule has 1 aliphatic carbocycles. The van der Waals surface area contributed by atoms with Crippen LogP contribution in [0.2, 0.25) is 10.0 Å². The summed E-state index contributed by atoms with van der Waals surface area (Å²) in [5.41, 5.74) is 1.07. The van der Waals surface area contributed by atoms with E-state index >= 15 is 0 Å². The molecule has 1 aliphatic rings. The number of hydrogen-bond donors (Lipinski definition) is 1. The quantitative estimate of drug-likeness (QED) is 0.777. The molecule has 0 saturated heterocycles. The monoisotopic (exact) mass is 271 g/mol. The Morgan fingerprint density at radius 1 is 1.12 bits per heavy atom. The number of nitrogens with one attached hydrogen (secondary N) is 1. The van der Waals surface area contributed by atoms with E-state index in [1.807, 2.05) is 18.2 Å². The van der Waals surface area contributed by atoms with Crippen molar-refractivity contribution in [2.75, 3.05) is 5.32 Å². The Morgan fingerprint density at radius 3 is 2.59 bits per heavy atom. The molecule has 3 unspecified atom stereocenters. The molecule has 0 amide bonds. The van der Waals surface area contributed by atoms with Crippen LogP contribution in [-0.2, 0) is 0 Å². The van der Waals surface area contributed by atoms with Gasteiger partial charge < -0.3 is 5.32 Å². The first-order chi connectivity index (χ1) is 8.08. The van der Waals surface area contributed by atoms with Crippen LogP contribution in [0.3, 0.4) is 0 Å². The second-order valence-electron chi connectivity index (χ2n) is 5.15. The van der Waals surface area contributed by atoms with Gasteiger partial charge in [-0.3, -0.25) is 0 Å². The van der Waals surface area contributed by atoms with Crippen LogP contribution in [0.1, 0.15) is 33.1 Å². The van der Waals surface area contributed by atoms with Gasteiger partial charge in [0.15, 0.2) is 0 Å². The van der Waals surface area contributed by atoms with Gasteiger partial charge in [0.05, 0.1) is 10.0 Å². The largest absolute Gasteiger partial charge is 0.382 e. The van der Waals surface area contributed by atoms with Crippen LogP contribution in [0.25, 0.3) is 0 Å². The molecule has 2 rings (SSSR count). The predicted molar refractivity (Wildman–Crippen MR) is 76.1 cm³/mol. The molecule has 0 heterocycles. The molecule has 0 aliphatic heterocycles. The van der Waals surface area contributed by atoms with Crippen LogP contribution in [0, 0.1) is 11.8 Å². The minimum Gasteiger partial charge on any atom is -0.382 e. The van der Waals surface area contributed by atoms with Crippen molar-refractivity contribution in [2.24, 2.45) is 11.8 Å². The topological polar surface area (TPSA) is 12.0 Å². The van der Waals surface area contributed by atoms with Crippen molar-refractivity contribution >= 4 is 28.9 Å². The Morgan fingerprint density at radius 2 is 1.88 bits per heavy atom. The zero-order valence-electron chi connectivity index (χ0n) is 10.3. The van der Waals surface area contributed by atoms with Crippen molar-refractivity contribution in [1.29, 1.82) is 0 Å². The standard InChI is InChI=1S/C14H19Cl2N/c1-9-4-3-5-14(10(9)2)17-11-6-7-12(15)13(16)8-11/h6-10,14,17H,3-5H2,1-2H3. The predicted octanol–water partition coefficient (Wildman–Crippen LogP) is 5.23. The van der Waals surface area contributed by atoms with Crippen molar-refractivity contribution in [1.82, 2.24) is 0 Å². The molecule has 1 nitrogen and oxygen atoms in total. The highest BCUT2D eigenvalue weighted by atomic mass is 35.5. The lowest BCUT2D eigenvalue weighted by molar-refractivity contribution is 0.253. The van der Waals surface area contributed by atoms with Crippen LogP contribution >= 0.6 is 23.2 Å². The van der Waals surface area contributed by atoms with E-state index in [0.717, 1.165) is 11.6 Å². The van der Waals surface area contributed by atoms with E-state index in [0.29, 0.717) is 22.0 Å². The molecule has 0 spiro atoms. The molecule has 1 aromatic rings. The van der Waals surface area contributed by atoms with E-state index in [-0.39, 0.29) is 0 Å². The number of rotatable bonds is 2. The molecule has 0 bridgehead atoms. The summed E-state index contributed by atoms with van der Waals surface area (Å²) in [6.07, 6.45) is 3.90. The van der Waals surface area contributed by atoms with E-state index in [4.69, 9.17) is 23.2 Å². The maximum absolute atomic E-state index is 6.02. The minimum absolute atomic E-state index is 0.552. The molecule has 1 saturated carbocycles. The maximum atomic E-state index is 6.02. The average molecular weight is 272 g/mol. The lowest BCUT2D eigenvalue weighted by atomic mass is 9.78. The molecule has 0 radical (unpaired) electrons. The van der Waals surface area contributed by atoms with Gasteiger partial charge in [-0.2, -0.15) is 0 Å². The van der Waals surface area contributed by atoms with E-state index in [2.05, 4.69) is 19.2 Å². The first kappa shape index (κ1) is 13.0. The Bertz CT molecular complexity index is 392. The Balaban J connectivity index is 2.07. The van der Waals surface area contributed by atoms with Gasteiger partial charge in [-0.25, -0.2) is 0 Å². The molecule has 3 atom stereocenters. The van der Waals surface area contributed by atoms with Gasteiger partial charge >= 0.3 is 0 Å². The summed E-state index contributed by atoms with van der Waals surface area (Å²) < 4.78 is 0. The van der Waals surface area contributed by atoms with Crippen molar-refractivity contribution in [2.45, 2.75) is 39.2 Å². The summed E-state index contributed by atoms with van der Waals surface area (Å²) in [6.45, 7) is 4.67. The van der Waals surface area contributed by atoms with Gasteiger partial charge in [0, 0.05) is 11.7 Å². The summed E-state index contributed by atoms with van der Waals surface area (Å²) in [4.78, 5) is 0. The third kappa shape index (κ3) is 3.08.